The monoisotopic (exact) mass is 216 g/mol. The SMILES string of the molecule is CC(C)N(CCO)C(=O)NC1CCOC1. The average Bonchev–Trinajstić information content (AvgIpc) is 2.65. The van der Waals surface area contributed by atoms with Crippen molar-refractivity contribution in [2.24, 2.45) is 0 Å². The summed E-state index contributed by atoms with van der Waals surface area (Å²) in [5, 5.41) is 11.7. The highest BCUT2D eigenvalue weighted by molar-refractivity contribution is 5.74. The third-order valence-electron chi connectivity index (χ3n) is 2.48. The Balaban J connectivity index is 2.40. The zero-order valence-corrected chi connectivity index (χ0v) is 9.40. The van der Waals surface area contributed by atoms with E-state index in [2.05, 4.69) is 5.32 Å². The quantitative estimate of drug-likeness (QED) is 0.705. The molecule has 0 aromatic carbocycles. The summed E-state index contributed by atoms with van der Waals surface area (Å²) in [6.07, 6.45) is 0.872. The molecule has 0 aromatic rings. The lowest BCUT2D eigenvalue weighted by Crippen LogP contribution is -2.48. The second kappa shape index (κ2) is 5.92. The number of aliphatic hydroxyl groups excluding tert-OH is 1. The van der Waals surface area contributed by atoms with Crippen LogP contribution in [0.4, 0.5) is 4.79 Å². The lowest BCUT2D eigenvalue weighted by molar-refractivity contribution is 0.153. The van der Waals surface area contributed by atoms with Gasteiger partial charge in [-0.05, 0) is 20.3 Å². The number of ether oxygens (including phenoxy) is 1. The highest BCUT2D eigenvalue weighted by atomic mass is 16.5. The van der Waals surface area contributed by atoms with Crippen LogP contribution in [0.5, 0.6) is 0 Å². The van der Waals surface area contributed by atoms with Gasteiger partial charge in [0.15, 0.2) is 0 Å². The molecule has 1 rings (SSSR count). The summed E-state index contributed by atoms with van der Waals surface area (Å²) >= 11 is 0. The summed E-state index contributed by atoms with van der Waals surface area (Å²) in [5.41, 5.74) is 0. The number of carbonyl (C=O) groups is 1. The summed E-state index contributed by atoms with van der Waals surface area (Å²) in [7, 11) is 0. The molecule has 1 atom stereocenters. The Kier molecular flexibility index (Phi) is 4.84. The molecule has 15 heavy (non-hydrogen) atoms. The first-order valence-corrected chi connectivity index (χ1v) is 5.41. The van der Waals surface area contributed by atoms with Gasteiger partial charge in [0, 0.05) is 19.2 Å². The lowest BCUT2D eigenvalue weighted by Gasteiger charge is -2.27. The van der Waals surface area contributed by atoms with E-state index in [0.717, 1.165) is 6.42 Å². The predicted octanol–water partition coefficient (Wildman–Crippen LogP) is 0.188. The van der Waals surface area contributed by atoms with E-state index in [1.165, 1.54) is 0 Å². The molecule has 5 heteroatoms. The first-order chi connectivity index (χ1) is 7.15. The fraction of sp³-hybridized carbons (Fsp3) is 0.900. The molecular formula is C10H20N2O3. The van der Waals surface area contributed by atoms with E-state index in [0.29, 0.717) is 19.8 Å². The minimum atomic E-state index is -0.116. The van der Waals surface area contributed by atoms with Gasteiger partial charge in [0.25, 0.3) is 0 Å². The molecule has 1 unspecified atom stereocenters. The minimum absolute atomic E-state index is 0.00718. The average molecular weight is 216 g/mol. The van der Waals surface area contributed by atoms with E-state index < -0.39 is 0 Å². The molecule has 1 fully saturated rings. The summed E-state index contributed by atoms with van der Waals surface area (Å²) in [4.78, 5) is 13.4. The summed E-state index contributed by atoms with van der Waals surface area (Å²) in [6.45, 7) is 5.54. The van der Waals surface area contributed by atoms with Gasteiger partial charge in [0.2, 0.25) is 0 Å². The van der Waals surface area contributed by atoms with Crippen LogP contribution >= 0.6 is 0 Å². The normalized spacial score (nSPS) is 20.7. The van der Waals surface area contributed by atoms with Crippen LogP contribution in [0.1, 0.15) is 20.3 Å². The highest BCUT2D eigenvalue weighted by Crippen LogP contribution is 2.05. The molecule has 0 aromatic heterocycles. The maximum absolute atomic E-state index is 11.8. The number of nitrogens with one attached hydrogen (secondary N) is 1. The number of amides is 2. The fourth-order valence-electron chi connectivity index (χ4n) is 1.61. The van der Waals surface area contributed by atoms with Crippen LogP contribution in [-0.2, 0) is 4.74 Å². The second-order valence-electron chi connectivity index (χ2n) is 4.02. The smallest absolute Gasteiger partial charge is 0.318 e. The van der Waals surface area contributed by atoms with Gasteiger partial charge < -0.3 is 20.1 Å². The van der Waals surface area contributed by atoms with Gasteiger partial charge in [-0.3, -0.25) is 0 Å². The van der Waals surface area contributed by atoms with Gasteiger partial charge in [0.05, 0.1) is 19.3 Å². The zero-order chi connectivity index (χ0) is 11.3. The van der Waals surface area contributed by atoms with E-state index in [9.17, 15) is 4.79 Å². The third kappa shape index (κ3) is 3.68. The molecule has 0 bridgehead atoms. The van der Waals surface area contributed by atoms with Gasteiger partial charge in [-0.1, -0.05) is 0 Å². The number of hydrogen-bond acceptors (Lipinski definition) is 3. The molecule has 5 nitrogen and oxygen atoms in total. The molecule has 2 N–H and O–H groups in total. The number of urea groups is 1. The Morgan fingerprint density at radius 3 is 2.87 bits per heavy atom. The summed E-state index contributed by atoms with van der Waals surface area (Å²) in [5.74, 6) is 0. The van der Waals surface area contributed by atoms with Crippen molar-refractivity contribution in [1.29, 1.82) is 0 Å². The van der Waals surface area contributed by atoms with Crippen LogP contribution in [0.2, 0.25) is 0 Å². The summed E-state index contributed by atoms with van der Waals surface area (Å²) < 4.78 is 5.18. The molecule has 0 saturated carbocycles. The van der Waals surface area contributed by atoms with E-state index in [-0.39, 0.29) is 24.7 Å². The van der Waals surface area contributed by atoms with Crippen LogP contribution in [-0.4, -0.2) is 54.5 Å². The maximum atomic E-state index is 11.8. The number of nitrogens with zero attached hydrogens (tertiary/aromatic N) is 1. The Hall–Kier alpha value is -0.810. The first-order valence-electron chi connectivity index (χ1n) is 5.41. The standard InChI is InChI=1S/C10H20N2O3/c1-8(2)12(4-5-13)10(14)11-9-3-6-15-7-9/h8-9,13H,3-7H2,1-2H3,(H,11,14). The van der Waals surface area contributed by atoms with Crippen LogP contribution < -0.4 is 5.32 Å². The first kappa shape index (κ1) is 12.3. The van der Waals surface area contributed by atoms with Crippen LogP contribution in [0.25, 0.3) is 0 Å². The van der Waals surface area contributed by atoms with Crippen LogP contribution in [0.3, 0.4) is 0 Å². The number of carbonyl (C=O) groups excluding carboxylic acids is 1. The molecule has 1 aliphatic rings. The Labute approximate surface area is 90.4 Å². The van der Waals surface area contributed by atoms with Crippen molar-refractivity contribution in [3.63, 3.8) is 0 Å². The molecule has 1 saturated heterocycles. The molecule has 2 amide bonds. The van der Waals surface area contributed by atoms with E-state index >= 15 is 0 Å². The molecule has 0 aliphatic carbocycles. The van der Waals surface area contributed by atoms with Crippen LogP contribution in [0.15, 0.2) is 0 Å². The zero-order valence-electron chi connectivity index (χ0n) is 9.40. The topological polar surface area (TPSA) is 61.8 Å². The fourth-order valence-corrected chi connectivity index (χ4v) is 1.61. The van der Waals surface area contributed by atoms with E-state index in [1.807, 2.05) is 13.8 Å². The van der Waals surface area contributed by atoms with Crippen molar-refractivity contribution in [3.8, 4) is 0 Å². The lowest BCUT2D eigenvalue weighted by atomic mass is 10.2. The van der Waals surface area contributed by atoms with Crippen LogP contribution in [0, 0.1) is 0 Å². The largest absolute Gasteiger partial charge is 0.395 e. The van der Waals surface area contributed by atoms with Crippen molar-refractivity contribution in [3.05, 3.63) is 0 Å². The van der Waals surface area contributed by atoms with Crippen molar-refractivity contribution < 1.29 is 14.6 Å². The Morgan fingerprint density at radius 1 is 1.67 bits per heavy atom. The maximum Gasteiger partial charge on any atom is 0.318 e. The van der Waals surface area contributed by atoms with Crippen molar-refractivity contribution in [1.82, 2.24) is 10.2 Å². The second-order valence-corrected chi connectivity index (χ2v) is 4.02. The molecule has 88 valence electrons. The molecule has 1 heterocycles. The Bertz CT molecular complexity index is 203. The van der Waals surface area contributed by atoms with Gasteiger partial charge in [0.1, 0.15) is 0 Å². The van der Waals surface area contributed by atoms with Gasteiger partial charge in [-0.2, -0.15) is 0 Å². The third-order valence-corrected chi connectivity index (χ3v) is 2.48. The molecule has 1 aliphatic heterocycles. The summed E-state index contributed by atoms with van der Waals surface area (Å²) in [6, 6.07) is 0.103. The van der Waals surface area contributed by atoms with Gasteiger partial charge >= 0.3 is 6.03 Å². The van der Waals surface area contributed by atoms with Gasteiger partial charge in [-0.15, -0.1) is 0 Å². The number of hydrogen-bond donors (Lipinski definition) is 2. The molecule has 0 spiro atoms. The van der Waals surface area contributed by atoms with E-state index in [1.54, 1.807) is 4.90 Å². The Morgan fingerprint density at radius 2 is 2.40 bits per heavy atom. The number of aliphatic hydroxyl groups is 1. The molecular weight excluding hydrogens is 196 g/mol. The predicted molar refractivity (Wildman–Crippen MR) is 56.7 cm³/mol. The van der Waals surface area contributed by atoms with Crippen molar-refractivity contribution in [2.45, 2.75) is 32.4 Å². The highest BCUT2D eigenvalue weighted by Gasteiger charge is 2.22. The van der Waals surface area contributed by atoms with Gasteiger partial charge in [-0.25, -0.2) is 4.79 Å². The minimum Gasteiger partial charge on any atom is -0.395 e. The number of rotatable bonds is 4. The van der Waals surface area contributed by atoms with Crippen molar-refractivity contribution in [2.75, 3.05) is 26.4 Å². The van der Waals surface area contributed by atoms with Crippen molar-refractivity contribution >= 4 is 6.03 Å². The molecule has 0 radical (unpaired) electrons. The van der Waals surface area contributed by atoms with E-state index in [4.69, 9.17) is 9.84 Å².